The molecule has 4 heteroatoms. The summed E-state index contributed by atoms with van der Waals surface area (Å²) in [7, 11) is 0. The Kier molecular flexibility index (Phi) is 17.5. The highest BCUT2D eigenvalue weighted by Crippen LogP contribution is 2.35. The number of aliphatic hydroxyl groups is 2. The molecule has 1 atom stereocenters. The van der Waals surface area contributed by atoms with Crippen LogP contribution in [0.1, 0.15) is 34.6 Å². The van der Waals surface area contributed by atoms with Crippen molar-refractivity contribution >= 4 is 5.97 Å². The normalized spacial score (nSPS) is 8.88. The number of ether oxygens (including phenoxy) is 1. The molecule has 0 aromatic carbocycles. The second-order valence-electron chi connectivity index (χ2n) is 8.30. The van der Waals surface area contributed by atoms with Gasteiger partial charge in [0.1, 0.15) is 11.2 Å². The zero-order valence-corrected chi connectivity index (χ0v) is 23.9. The van der Waals surface area contributed by atoms with E-state index >= 15 is 0 Å². The molecule has 0 radical (unpaired) electrons. The Morgan fingerprint density at radius 3 is 1.16 bits per heavy atom. The minimum Gasteiger partial charge on any atom is -0.447 e. The lowest BCUT2D eigenvalue weighted by Crippen LogP contribution is -2.62. The third-order valence-electron chi connectivity index (χ3n) is 4.66. The molecule has 0 aliphatic carbocycles. The van der Waals surface area contributed by atoms with Gasteiger partial charge in [0, 0.05) is 41.4 Å². The predicted octanol–water partition coefficient (Wildman–Crippen LogP) is 1.06. The van der Waals surface area contributed by atoms with Crippen molar-refractivity contribution in [3.8, 4) is 166 Å². The molecule has 0 spiro atoms. The maximum absolute atomic E-state index is 11.9. The van der Waals surface area contributed by atoms with Gasteiger partial charge in [0.25, 0.3) is 0 Å². The van der Waals surface area contributed by atoms with Gasteiger partial charge in [-0.25, -0.2) is 4.79 Å². The number of hydrogen-bond acceptors (Lipinski definition) is 4. The molecule has 43 heavy (non-hydrogen) atoms. The first-order chi connectivity index (χ1) is 20.5. The van der Waals surface area contributed by atoms with Crippen LogP contribution >= 0.6 is 0 Å². The van der Waals surface area contributed by atoms with E-state index in [0.29, 0.717) is 0 Å². The second-order valence-corrected chi connectivity index (χ2v) is 8.30. The second kappa shape index (κ2) is 20.9. The van der Waals surface area contributed by atoms with E-state index in [2.05, 4.69) is 160 Å². The molecule has 0 aromatic heterocycles. The maximum Gasteiger partial charge on any atom is 0.385 e. The van der Waals surface area contributed by atoms with Crippen LogP contribution in [0.5, 0.6) is 0 Å². The zero-order chi connectivity index (χ0) is 32.3. The van der Waals surface area contributed by atoms with Crippen molar-refractivity contribution in [3.05, 3.63) is 12.2 Å². The van der Waals surface area contributed by atoms with Crippen LogP contribution in [0.2, 0.25) is 0 Å². The van der Waals surface area contributed by atoms with Crippen LogP contribution in [0.3, 0.4) is 0 Å². The number of carbonyl (C=O) groups is 1. The molecule has 0 aliphatic rings. The Morgan fingerprint density at radius 1 is 0.535 bits per heavy atom. The van der Waals surface area contributed by atoms with Crippen molar-refractivity contribution in [2.24, 2.45) is 0 Å². The molecule has 2 N–H and O–H groups in total. The summed E-state index contributed by atoms with van der Waals surface area (Å²) in [5.41, 5.74) is -4.64. The summed E-state index contributed by atoms with van der Waals surface area (Å²) >= 11 is 0. The first kappa shape index (κ1) is 36.0. The van der Waals surface area contributed by atoms with Crippen LogP contribution in [-0.2, 0) is 9.53 Å². The molecule has 0 rings (SSSR count). The average molecular weight is 553 g/mol. The maximum atomic E-state index is 11.9. The molecular weight excluding hydrogens is 532 g/mol. The first-order valence-electron chi connectivity index (χ1n) is 11.8. The largest absolute Gasteiger partial charge is 0.447 e. The first-order valence-corrected chi connectivity index (χ1v) is 11.8. The van der Waals surface area contributed by atoms with Crippen LogP contribution in [0, 0.1) is 166 Å². The SMILES string of the molecule is C#CC#CC#CC#CC#CC#CC#CC#CC#CC#CC#CC#C/C=C/C#CC#CC(=O)OC(C)(C)C(C)(O)C(C)(C)O. The fourth-order valence-electron chi connectivity index (χ4n) is 2.04. The Hall–Kier alpha value is -7.03. The number of allylic oxidation sites excluding steroid dienone is 2. The third kappa shape index (κ3) is 18.0. The number of carbonyl (C=O) groups excluding carboxylic acids is 1. The predicted molar refractivity (Wildman–Crippen MR) is 166 cm³/mol. The highest BCUT2D eigenvalue weighted by atomic mass is 16.6. The summed E-state index contributed by atoms with van der Waals surface area (Å²) in [6.45, 7) is 7.15. The van der Waals surface area contributed by atoms with Gasteiger partial charge in [-0.1, -0.05) is 11.8 Å². The summed E-state index contributed by atoms with van der Waals surface area (Å²) in [5.74, 6) is 65.3. The summed E-state index contributed by atoms with van der Waals surface area (Å²) in [4.78, 5) is 11.9. The Bertz CT molecular complexity index is 2020. The minimum absolute atomic E-state index is 0.892. The lowest BCUT2D eigenvalue weighted by Gasteiger charge is -2.46. The molecule has 200 valence electrons. The molecular formula is C39H20O4. The monoisotopic (exact) mass is 552 g/mol. The Morgan fingerprint density at radius 2 is 0.837 bits per heavy atom. The fraction of sp³-hybridized carbons (Fsp3) is 0.205. The molecule has 0 aromatic rings. The number of esters is 1. The van der Waals surface area contributed by atoms with Gasteiger partial charge in [-0.2, -0.15) is 0 Å². The standard InChI is InChI=1S/C39H20O4/c1-7-8-9-10-11-12-13-14-15-16-17-18-19-20-21-22-23-24-25-26-27-28-29-30-31-32-33-34-35-36(40)43-38(4,5)39(6,42)37(2,3)41/h1,30-31,41-42H,2-6H3/b31-30+. The van der Waals surface area contributed by atoms with Crippen molar-refractivity contribution in [1.29, 1.82) is 0 Å². The van der Waals surface area contributed by atoms with Gasteiger partial charge in [0.05, 0.1) is 5.60 Å². The Balaban J connectivity index is 4.67. The quantitative estimate of drug-likeness (QED) is 0.313. The minimum atomic E-state index is -1.72. The molecule has 0 fully saturated rings. The van der Waals surface area contributed by atoms with Crippen molar-refractivity contribution in [2.45, 2.75) is 51.4 Å². The third-order valence-corrected chi connectivity index (χ3v) is 4.66. The van der Waals surface area contributed by atoms with E-state index in [-0.39, 0.29) is 0 Å². The summed E-state index contributed by atoms with van der Waals surface area (Å²) in [6.07, 6.45) is 7.79. The highest BCUT2D eigenvalue weighted by Gasteiger charge is 2.52. The molecule has 0 heterocycles. The van der Waals surface area contributed by atoms with Gasteiger partial charge in [0.15, 0.2) is 0 Å². The molecule has 0 saturated carbocycles. The van der Waals surface area contributed by atoms with Crippen LogP contribution in [0.4, 0.5) is 0 Å². The van der Waals surface area contributed by atoms with E-state index in [9.17, 15) is 15.0 Å². The van der Waals surface area contributed by atoms with Gasteiger partial charge in [0.2, 0.25) is 0 Å². The van der Waals surface area contributed by atoms with E-state index in [1.807, 2.05) is 0 Å². The van der Waals surface area contributed by atoms with E-state index in [1.165, 1.54) is 46.8 Å². The van der Waals surface area contributed by atoms with Gasteiger partial charge in [-0.3, -0.25) is 0 Å². The smallest absolute Gasteiger partial charge is 0.385 e. The van der Waals surface area contributed by atoms with Crippen LogP contribution in [0.15, 0.2) is 12.2 Å². The van der Waals surface area contributed by atoms with Gasteiger partial charge >= 0.3 is 5.97 Å². The van der Waals surface area contributed by atoms with Crippen molar-refractivity contribution in [1.82, 2.24) is 0 Å². The van der Waals surface area contributed by atoms with Crippen LogP contribution < -0.4 is 0 Å². The summed E-state index contributed by atoms with van der Waals surface area (Å²) in [5, 5.41) is 20.7. The van der Waals surface area contributed by atoms with E-state index < -0.39 is 22.8 Å². The molecule has 1 unspecified atom stereocenters. The van der Waals surface area contributed by atoms with E-state index in [4.69, 9.17) is 11.2 Å². The Labute approximate surface area is 255 Å². The van der Waals surface area contributed by atoms with Gasteiger partial charge in [-0.15, -0.1) is 6.42 Å². The van der Waals surface area contributed by atoms with Crippen molar-refractivity contribution in [3.63, 3.8) is 0 Å². The average Bonchev–Trinajstić information content (AvgIpc) is 2.93. The van der Waals surface area contributed by atoms with Crippen molar-refractivity contribution < 1.29 is 19.7 Å². The van der Waals surface area contributed by atoms with E-state index in [0.717, 1.165) is 0 Å². The van der Waals surface area contributed by atoms with Crippen LogP contribution in [-0.4, -0.2) is 33.0 Å². The highest BCUT2D eigenvalue weighted by molar-refractivity contribution is 5.89. The van der Waals surface area contributed by atoms with Gasteiger partial charge in [-0.05, 0) is 153 Å². The van der Waals surface area contributed by atoms with Crippen LogP contribution in [0.25, 0.3) is 0 Å². The molecule has 0 amide bonds. The number of hydrogen-bond donors (Lipinski definition) is 2. The molecule has 0 saturated heterocycles. The topological polar surface area (TPSA) is 66.8 Å². The lowest BCUT2D eigenvalue weighted by atomic mass is 9.75. The summed E-state index contributed by atoms with van der Waals surface area (Å²) in [6, 6.07) is 0. The number of rotatable bonds is 3. The zero-order valence-electron chi connectivity index (χ0n) is 23.9. The lowest BCUT2D eigenvalue weighted by molar-refractivity contribution is -0.225. The summed E-state index contributed by atoms with van der Waals surface area (Å²) < 4.78 is 5.19. The van der Waals surface area contributed by atoms with E-state index in [1.54, 1.807) is 0 Å². The van der Waals surface area contributed by atoms with Gasteiger partial charge < -0.3 is 14.9 Å². The molecule has 0 bridgehead atoms. The molecule has 4 nitrogen and oxygen atoms in total. The fourth-order valence-corrected chi connectivity index (χ4v) is 2.04. The van der Waals surface area contributed by atoms with Crippen molar-refractivity contribution in [2.75, 3.05) is 0 Å². The molecule has 0 aliphatic heterocycles. The number of terminal acetylenes is 1.